The fourth-order valence-corrected chi connectivity index (χ4v) is 2.57. The molecule has 2 unspecified atom stereocenters. The van der Waals surface area contributed by atoms with Crippen LogP contribution < -0.4 is 11.1 Å². The van der Waals surface area contributed by atoms with Gasteiger partial charge in [0, 0.05) is 45.1 Å². The van der Waals surface area contributed by atoms with Crippen molar-refractivity contribution < 1.29 is 4.21 Å². The van der Waals surface area contributed by atoms with E-state index in [-0.39, 0.29) is 6.04 Å². The van der Waals surface area contributed by atoms with Gasteiger partial charge in [-0.2, -0.15) is 0 Å². The lowest BCUT2D eigenvalue weighted by molar-refractivity contribution is 0.678. The van der Waals surface area contributed by atoms with E-state index < -0.39 is 10.8 Å². The number of benzene rings is 1. The second-order valence-corrected chi connectivity index (χ2v) is 6.60. The van der Waals surface area contributed by atoms with Crippen molar-refractivity contribution in [2.24, 2.45) is 5.73 Å². The molecule has 1 aromatic rings. The van der Waals surface area contributed by atoms with Crippen LogP contribution in [0.3, 0.4) is 0 Å². The van der Waals surface area contributed by atoms with Gasteiger partial charge in [0.1, 0.15) is 4.99 Å². The van der Waals surface area contributed by atoms with Gasteiger partial charge in [0.15, 0.2) is 0 Å². The highest BCUT2D eigenvalue weighted by Gasteiger charge is 2.09. The molecule has 18 heavy (non-hydrogen) atoms. The minimum absolute atomic E-state index is 0.181. The summed E-state index contributed by atoms with van der Waals surface area (Å²) in [5.41, 5.74) is 7.26. The van der Waals surface area contributed by atoms with Gasteiger partial charge in [-0.05, 0) is 31.5 Å². The van der Waals surface area contributed by atoms with Crippen molar-refractivity contribution in [3.63, 3.8) is 0 Å². The predicted molar refractivity (Wildman–Crippen MR) is 84.0 cm³/mol. The first kappa shape index (κ1) is 15.4. The molecular weight excluding hydrogens is 288 g/mol. The number of nitrogens with two attached hydrogens (primary N) is 1. The zero-order valence-corrected chi connectivity index (χ0v) is 12.8. The molecule has 0 spiro atoms. The third kappa shape index (κ3) is 4.92. The first-order chi connectivity index (χ1) is 8.40. The molecule has 1 rings (SSSR count). The minimum atomic E-state index is -0.779. The highest BCUT2D eigenvalue weighted by molar-refractivity contribution is 7.84. The third-order valence-corrected chi connectivity index (χ3v) is 3.75. The molecule has 1 aromatic carbocycles. The van der Waals surface area contributed by atoms with E-state index in [0.717, 1.165) is 17.7 Å². The Kier molecular flexibility index (Phi) is 6.05. The largest absolute Gasteiger partial charge is 0.389 e. The summed E-state index contributed by atoms with van der Waals surface area (Å²) in [6.45, 7) is 2.02. The van der Waals surface area contributed by atoms with Gasteiger partial charge in [-0.1, -0.05) is 23.8 Å². The second kappa shape index (κ2) is 7.07. The monoisotopic (exact) mass is 304 g/mol. The molecule has 0 saturated carbocycles. The number of nitrogens with one attached hydrogen (secondary N) is 1. The molecule has 0 fully saturated rings. The number of halogens is 1. The lowest BCUT2D eigenvalue weighted by Gasteiger charge is -2.17. The Morgan fingerprint density at radius 2 is 2.28 bits per heavy atom. The maximum atomic E-state index is 11.1. The van der Waals surface area contributed by atoms with Crippen LogP contribution in [0.25, 0.3) is 0 Å². The van der Waals surface area contributed by atoms with Crippen molar-refractivity contribution in [2.45, 2.75) is 19.4 Å². The molecule has 3 nitrogen and oxygen atoms in total. The topological polar surface area (TPSA) is 55.1 Å². The van der Waals surface area contributed by atoms with Crippen molar-refractivity contribution in [1.29, 1.82) is 0 Å². The number of anilines is 1. The van der Waals surface area contributed by atoms with Crippen LogP contribution in [0.1, 0.15) is 18.9 Å². The van der Waals surface area contributed by atoms with Crippen molar-refractivity contribution in [2.75, 3.05) is 17.3 Å². The van der Waals surface area contributed by atoms with Gasteiger partial charge in [-0.25, -0.2) is 0 Å². The van der Waals surface area contributed by atoms with Gasteiger partial charge >= 0.3 is 0 Å². The van der Waals surface area contributed by atoms with E-state index in [1.165, 1.54) is 0 Å². The molecular formula is C12H17ClN2OS2. The van der Waals surface area contributed by atoms with E-state index in [1.807, 2.05) is 6.92 Å². The molecule has 3 N–H and O–H groups in total. The Morgan fingerprint density at radius 1 is 1.61 bits per heavy atom. The van der Waals surface area contributed by atoms with Crippen molar-refractivity contribution in [3.05, 3.63) is 28.8 Å². The summed E-state index contributed by atoms with van der Waals surface area (Å²) in [5, 5.41) is 3.93. The van der Waals surface area contributed by atoms with Crippen LogP contribution in [0.4, 0.5) is 5.69 Å². The van der Waals surface area contributed by atoms with Gasteiger partial charge in [-0.3, -0.25) is 4.21 Å². The molecule has 0 bridgehead atoms. The minimum Gasteiger partial charge on any atom is -0.389 e. The van der Waals surface area contributed by atoms with Gasteiger partial charge in [-0.15, -0.1) is 0 Å². The summed E-state index contributed by atoms with van der Waals surface area (Å²) in [4.78, 5) is 0.334. The number of hydrogen-bond acceptors (Lipinski definition) is 3. The molecule has 100 valence electrons. The Hall–Kier alpha value is -0.650. The van der Waals surface area contributed by atoms with E-state index >= 15 is 0 Å². The Labute approximate surface area is 121 Å². The first-order valence-electron chi connectivity index (χ1n) is 5.56. The van der Waals surface area contributed by atoms with Gasteiger partial charge < -0.3 is 11.1 Å². The Morgan fingerprint density at radius 3 is 2.83 bits per heavy atom. The van der Waals surface area contributed by atoms with Crippen LogP contribution in [0, 0.1) is 0 Å². The number of hydrogen-bond donors (Lipinski definition) is 2. The van der Waals surface area contributed by atoms with Crippen molar-refractivity contribution in [3.8, 4) is 0 Å². The fourth-order valence-electron chi connectivity index (χ4n) is 1.53. The van der Waals surface area contributed by atoms with Crippen molar-refractivity contribution in [1.82, 2.24) is 0 Å². The summed E-state index contributed by atoms with van der Waals surface area (Å²) >= 11 is 11.0. The van der Waals surface area contributed by atoms with Gasteiger partial charge in [0.25, 0.3) is 0 Å². The molecule has 0 aliphatic carbocycles. The van der Waals surface area contributed by atoms with E-state index in [4.69, 9.17) is 29.6 Å². The summed E-state index contributed by atoms with van der Waals surface area (Å²) in [6.07, 6.45) is 2.51. The molecule has 0 saturated heterocycles. The van der Waals surface area contributed by atoms with Crippen LogP contribution >= 0.6 is 23.8 Å². The van der Waals surface area contributed by atoms with Gasteiger partial charge in [0.05, 0.1) is 0 Å². The van der Waals surface area contributed by atoms with Crippen LogP contribution in [0.5, 0.6) is 0 Å². The lowest BCUT2D eigenvalue weighted by atomic mass is 10.1. The quantitative estimate of drug-likeness (QED) is 0.793. The number of thiocarbonyl (C=S) groups is 1. The Balaban J connectivity index is 2.79. The van der Waals surface area contributed by atoms with E-state index in [2.05, 4.69) is 5.32 Å². The average molecular weight is 305 g/mol. The SMILES string of the molecule is CC(CCS(C)=O)Nc1cc(Cl)ccc1C(N)=S. The summed E-state index contributed by atoms with van der Waals surface area (Å²) in [6, 6.07) is 5.54. The summed E-state index contributed by atoms with van der Waals surface area (Å²) in [7, 11) is -0.779. The Bertz CT molecular complexity index is 465. The molecule has 0 aromatic heterocycles. The van der Waals surface area contributed by atoms with Crippen molar-refractivity contribution >= 4 is 45.3 Å². The molecule has 0 radical (unpaired) electrons. The first-order valence-corrected chi connectivity index (χ1v) is 8.07. The number of rotatable bonds is 6. The van der Waals surface area contributed by atoms with Crippen LogP contribution in [-0.4, -0.2) is 27.2 Å². The molecule has 0 heterocycles. The lowest BCUT2D eigenvalue weighted by Crippen LogP contribution is -2.21. The predicted octanol–water partition coefficient (Wildman–Crippen LogP) is 2.54. The maximum Gasteiger partial charge on any atom is 0.106 e. The van der Waals surface area contributed by atoms with E-state index in [9.17, 15) is 4.21 Å². The average Bonchev–Trinajstić information content (AvgIpc) is 2.26. The molecule has 2 atom stereocenters. The van der Waals surface area contributed by atoms with Crippen LogP contribution in [-0.2, 0) is 10.8 Å². The zero-order chi connectivity index (χ0) is 13.7. The summed E-state index contributed by atoms with van der Waals surface area (Å²) < 4.78 is 11.1. The van der Waals surface area contributed by atoms with Crippen LogP contribution in [0.15, 0.2) is 18.2 Å². The normalized spacial score (nSPS) is 13.9. The second-order valence-electron chi connectivity index (χ2n) is 4.17. The smallest absolute Gasteiger partial charge is 0.106 e. The van der Waals surface area contributed by atoms with E-state index in [1.54, 1.807) is 24.5 Å². The molecule has 0 aliphatic heterocycles. The fraction of sp³-hybridized carbons (Fsp3) is 0.417. The van der Waals surface area contributed by atoms with Gasteiger partial charge in [0.2, 0.25) is 0 Å². The molecule has 6 heteroatoms. The third-order valence-electron chi connectivity index (χ3n) is 2.49. The molecule has 0 aliphatic rings. The van der Waals surface area contributed by atoms with Crippen LogP contribution in [0.2, 0.25) is 5.02 Å². The maximum absolute atomic E-state index is 11.1. The van der Waals surface area contributed by atoms with E-state index in [0.29, 0.717) is 15.8 Å². The molecule has 0 amide bonds. The standard InChI is InChI=1S/C12H17ClN2OS2/c1-8(5-6-18(2)16)15-11-7-9(13)3-4-10(11)12(14)17/h3-4,7-8,15H,5-6H2,1-2H3,(H2,14,17). The summed E-state index contributed by atoms with van der Waals surface area (Å²) in [5.74, 6) is 0.664. The highest BCUT2D eigenvalue weighted by Crippen LogP contribution is 2.22. The highest BCUT2D eigenvalue weighted by atomic mass is 35.5. The zero-order valence-electron chi connectivity index (χ0n) is 10.4.